The van der Waals surface area contributed by atoms with Gasteiger partial charge in [0.2, 0.25) is 10.0 Å². The van der Waals surface area contributed by atoms with Crippen LogP contribution in [0.25, 0.3) is 0 Å². The Balaban J connectivity index is 1.69. The van der Waals surface area contributed by atoms with Gasteiger partial charge >= 0.3 is 0 Å². The zero-order valence-corrected chi connectivity index (χ0v) is 16.1. The van der Waals surface area contributed by atoms with Crippen LogP contribution in [-0.4, -0.2) is 43.3 Å². The molecule has 0 bridgehead atoms. The number of ether oxygens (including phenoxy) is 1. The van der Waals surface area contributed by atoms with Gasteiger partial charge < -0.3 is 4.74 Å². The fourth-order valence-corrected chi connectivity index (χ4v) is 4.24. The molecule has 0 saturated carbocycles. The molecule has 0 unspecified atom stereocenters. The molecular formula is C18H26N4O3S. The first-order valence-electron chi connectivity index (χ1n) is 8.93. The number of fused-ring (bicyclic) bond motifs is 1. The number of sulfonamides is 1. The molecule has 8 heteroatoms. The molecule has 1 N–H and O–H groups in total. The molecule has 0 spiro atoms. The van der Waals surface area contributed by atoms with Gasteiger partial charge in [0.05, 0.1) is 29.9 Å². The number of hydrogen-bond donors (Lipinski definition) is 1. The van der Waals surface area contributed by atoms with Crippen LogP contribution in [-0.2, 0) is 29.7 Å². The average molecular weight is 378 g/mol. The average Bonchev–Trinajstić information content (AvgIpc) is 2.92. The van der Waals surface area contributed by atoms with Gasteiger partial charge in [0.25, 0.3) is 0 Å². The van der Waals surface area contributed by atoms with Gasteiger partial charge in [-0.25, -0.2) is 13.1 Å². The van der Waals surface area contributed by atoms with Crippen LogP contribution in [0.1, 0.15) is 31.2 Å². The van der Waals surface area contributed by atoms with Gasteiger partial charge in [0.15, 0.2) is 0 Å². The Morgan fingerprint density at radius 3 is 2.88 bits per heavy atom. The van der Waals surface area contributed by atoms with Crippen molar-refractivity contribution in [2.24, 2.45) is 0 Å². The highest BCUT2D eigenvalue weighted by Gasteiger charge is 2.18. The second kappa shape index (κ2) is 8.20. The van der Waals surface area contributed by atoms with Crippen molar-refractivity contribution in [3.63, 3.8) is 0 Å². The molecule has 1 aromatic carbocycles. The maximum atomic E-state index is 12.5. The molecule has 0 amide bonds. The quantitative estimate of drug-likeness (QED) is 0.797. The lowest BCUT2D eigenvalue weighted by atomic mass is 10.3. The van der Waals surface area contributed by atoms with E-state index in [1.54, 1.807) is 18.2 Å². The van der Waals surface area contributed by atoms with Crippen LogP contribution in [0.4, 0.5) is 0 Å². The smallest absolute Gasteiger partial charge is 0.241 e. The van der Waals surface area contributed by atoms with Crippen LogP contribution in [0.3, 0.4) is 0 Å². The lowest BCUT2D eigenvalue weighted by Crippen LogP contribution is -2.24. The van der Waals surface area contributed by atoms with E-state index >= 15 is 0 Å². The summed E-state index contributed by atoms with van der Waals surface area (Å²) in [5, 5.41) is 4.57. The van der Waals surface area contributed by atoms with Crippen molar-refractivity contribution in [2.75, 3.05) is 20.2 Å². The second-order valence-electron chi connectivity index (χ2n) is 6.48. The molecule has 142 valence electrons. The van der Waals surface area contributed by atoms with Gasteiger partial charge in [0.1, 0.15) is 5.75 Å². The molecule has 0 aliphatic carbocycles. The van der Waals surface area contributed by atoms with E-state index in [0.29, 0.717) is 5.75 Å². The van der Waals surface area contributed by atoms with Gasteiger partial charge in [-0.15, -0.1) is 0 Å². The maximum Gasteiger partial charge on any atom is 0.241 e. The Morgan fingerprint density at radius 1 is 1.27 bits per heavy atom. The molecule has 1 aliphatic heterocycles. The lowest BCUT2D eigenvalue weighted by molar-refractivity contribution is 0.270. The largest absolute Gasteiger partial charge is 0.497 e. The molecule has 26 heavy (non-hydrogen) atoms. The van der Waals surface area contributed by atoms with Gasteiger partial charge in [-0.05, 0) is 37.6 Å². The molecule has 0 saturated heterocycles. The molecule has 0 atom stereocenters. The van der Waals surface area contributed by atoms with E-state index in [1.165, 1.54) is 13.2 Å². The normalized spacial score (nSPS) is 15.5. The Labute approximate surface area is 155 Å². The predicted octanol–water partition coefficient (Wildman–Crippen LogP) is 1.99. The van der Waals surface area contributed by atoms with Gasteiger partial charge in [-0.1, -0.05) is 13.0 Å². The van der Waals surface area contributed by atoms with Crippen LogP contribution in [0.5, 0.6) is 5.75 Å². The number of rotatable bonds is 7. The zero-order valence-electron chi connectivity index (χ0n) is 15.3. The number of benzene rings is 1. The van der Waals surface area contributed by atoms with Crippen molar-refractivity contribution in [2.45, 2.75) is 44.3 Å². The summed E-state index contributed by atoms with van der Waals surface area (Å²) in [6.45, 7) is 6.24. The Morgan fingerprint density at radius 2 is 2.12 bits per heavy atom. The number of aromatic nitrogens is 2. The monoisotopic (exact) mass is 378 g/mol. The Kier molecular flexibility index (Phi) is 5.95. The van der Waals surface area contributed by atoms with Crippen LogP contribution >= 0.6 is 0 Å². The standard InChI is InChI=1S/C18H26N4O3S/c1-3-8-21-9-5-10-22-16(14-21)11-15(20-22)13-19-26(23,24)18-7-4-6-17(12-18)25-2/h4,6-7,11-12,19H,3,5,8-10,13-14H2,1-2H3. The summed E-state index contributed by atoms with van der Waals surface area (Å²) in [5.41, 5.74) is 1.89. The van der Waals surface area contributed by atoms with Crippen LogP contribution in [0.15, 0.2) is 35.2 Å². The third-order valence-electron chi connectivity index (χ3n) is 4.48. The summed E-state index contributed by atoms with van der Waals surface area (Å²) >= 11 is 0. The first-order valence-corrected chi connectivity index (χ1v) is 10.4. The van der Waals surface area contributed by atoms with E-state index in [-0.39, 0.29) is 11.4 Å². The van der Waals surface area contributed by atoms with Crippen LogP contribution < -0.4 is 9.46 Å². The summed E-state index contributed by atoms with van der Waals surface area (Å²) in [6.07, 6.45) is 2.19. The third-order valence-corrected chi connectivity index (χ3v) is 5.88. The maximum absolute atomic E-state index is 12.5. The first kappa shape index (κ1) is 18.9. The molecule has 0 fully saturated rings. The fraction of sp³-hybridized carbons (Fsp3) is 0.500. The second-order valence-corrected chi connectivity index (χ2v) is 8.25. The predicted molar refractivity (Wildman–Crippen MR) is 99.4 cm³/mol. The Hall–Kier alpha value is -1.90. The minimum absolute atomic E-state index is 0.174. The van der Waals surface area contributed by atoms with E-state index in [0.717, 1.165) is 50.4 Å². The SMILES string of the molecule is CCCN1CCCn2nc(CNS(=O)(=O)c3cccc(OC)c3)cc2C1. The van der Waals surface area contributed by atoms with E-state index in [2.05, 4.69) is 21.6 Å². The van der Waals surface area contributed by atoms with Crippen LogP contribution in [0, 0.1) is 0 Å². The minimum atomic E-state index is -3.61. The number of aryl methyl sites for hydroxylation is 1. The summed E-state index contributed by atoms with van der Waals surface area (Å²) in [4.78, 5) is 2.61. The molecule has 2 aromatic rings. The zero-order chi connectivity index (χ0) is 18.6. The van der Waals surface area contributed by atoms with Crippen molar-refractivity contribution in [3.8, 4) is 5.75 Å². The van der Waals surface area contributed by atoms with Crippen molar-refractivity contribution in [3.05, 3.63) is 41.7 Å². The van der Waals surface area contributed by atoms with Gasteiger partial charge in [-0.3, -0.25) is 9.58 Å². The molecule has 0 radical (unpaired) electrons. The van der Waals surface area contributed by atoms with Crippen molar-refractivity contribution >= 4 is 10.0 Å². The number of hydrogen-bond acceptors (Lipinski definition) is 5. The third kappa shape index (κ3) is 4.44. The van der Waals surface area contributed by atoms with Crippen molar-refractivity contribution < 1.29 is 13.2 Å². The van der Waals surface area contributed by atoms with E-state index in [1.807, 2.05) is 10.7 Å². The highest BCUT2D eigenvalue weighted by Crippen LogP contribution is 2.18. The fourth-order valence-electron chi connectivity index (χ4n) is 3.20. The van der Waals surface area contributed by atoms with Gasteiger partial charge in [0, 0.05) is 25.7 Å². The summed E-state index contributed by atoms with van der Waals surface area (Å²) < 4.78 is 34.7. The number of nitrogens with one attached hydrogen (secondary N) is 1. The molecule has 3 rings (SSSR count). The van der Waals surface area contributed by atoms with Crippen molar-refractivity contribution in [1.29, 1.82) is 0 Å². The number of methoxy groups -OCH3 is 1. The summed E-state index contributed by atoms with van der Waals surface area (Å²) in [6, 6.07) is 8.44. The lowest BCUT2D eigenvalue weighted by Gasteiger charge is -2.17. The van der Waals surface area contributed by atoms with Crippen molar-refractivity contribution in [1.82, 2.24) is 19.4 Å². The highest BCUT2D eigenvalue weighted by atomic mass is 32.2. The first-order chi connectivity index (χ1) is 12.5. The number of nitrogens with zero attached hydrogens (tertiary/aromatic N) is 3. The highest BCUT2D eigenvalue weighted by molar-refractivity contribution is 7.89. The molecular weight excluding hydrogens is 352 g/mol. The van der Waals surface area contributed by atoms with E-state index < -0.39 is 10.0 Å². The molecule has 2 heterocycles. The van der Waals surface area contributed by atoms with E-state index in [9.17, 15) is 8.42 Å². The molecule has 7 nitrogen and oxygen atoms in total. The summed E-state index contributed by atoms with van der Waals surface area (Å²) in [7, 11) is -2.10. The molecule has 1 aromatic heterocycles. The topological polar surface area (TPSA) is 76.5 Å². The molecule has 1 aliphatic rings. The Bertz CT molecular complexity index is 848. The minimum Gasteiger partial charge on any atom is -0.497 e. The van der Waals surface area contributed by atoms with Crippen LogP contribution in [0.2, 0.25) is 0 Å². The van der Waals surface area contributed by atoms with E-state index in [4.69, 9.17) is 4.74 Å². The van der Waals surface area contributed by atoms with Gasteiger partial charge in [-0.2, -0.15) is 5.10 Å². The summed E-state index contributed by atoms with van der Waals surface area (Å²) in [5.74, 6) is 0.512.